The topological polar surface area (TPSA) is 111 Å². The Balaban J connectivity index is 2.12. The second-order valence-electron chi connectivity index (χ2n) is 5.67. The van der Waals surface area contributed by atoms with Crippen LogP contribution in [0.1, 0.15) is 30.6 Å². The van der Waals surface area contributed by atoms with Crippen LogP contribution in [0.5, 0.6) is 0 Å². The molecular formula is C16H19N5O2. The number of benzene rings is 1. The highest BCUT2D eigenvalue weighted by molar-refractivity contribution is 5.99. The van der Waals surface area contributed by atoms with E-state index < -0.39 is 6.04 Å². The number of amides is 2. The predicted molar refractivity (Wildman–Crippen MR) is 85.4 cm³/mol. The molecule has 0 bridgehead atoms. The van der Waals surface area contributed by atoms with Crippen LogP contribution in [-0.2, 0) is 4.79 Å². The number of aromatic amines is 1. The Morgan fingerprint density at radius 2 is 2.17 bits per heavy atom. The highest BCUT2D eigenvalue weighted by Crippen LogP contribution is 2.12. The Labute approximate surface area is 134 Å². The fraction of sp³-hybridized carbons (Fsp3) is 0.375. The van der Waals surface area contributed by atoms with E-state index in [-0.39, 0.29) is 24.3 Å². The lowest BCUT2D eigenvalue weighted by Gasteiger charge is -2.19. The summed E-state index contributed by atoms with van der Waals surface area (Å²) in [6.07, 6.45) is 2.05. The average molecular weight is 313 g/mol. The molecule has 120 valence electrons. The van der Waals surface area contributed by atoms with Gasteiger partial charge in [0.1, 0.15) is 12.6 Å². The molecule has 1 aromatic heterocycles. The van der Waals surface area contributed by atoms with Crippen LogP contribution < -0.4 is 10.6 Å². The van der Waals surface area contributed by atoms with Crippen LogP contribution in [0.15, 0.2) is 24.5 Å². The van der Waals surface area contributed by atoms with Crippen molar-refractivity contribution in [2.24, 2.45) is 5.92 Å². The fourth-order valence-corrected chi connectivity index (χ4v) is 2.27. The maximum absolute atomic E-state index is 12.4. The highest BCUT2D eigenvalue weighted by Gasteiger charge is 2.22. The molecule has 7 nitrogen and oxygen atoms in total. The first-order chi connectivity index (χ1) is 11.0. The molecular weight excluding hydrogens is 294 g/mol. The van der Waals surface area contributed by atoms with Crippen molar-refractivity contribution >= 4 is 22.8 Å². The van der Waals surface area contributed by atoms with Crippen LogP contribution in [0.25, 0.3) is 11.0 Å². The first kappa shape index (κ1) is 16.5. The highest BCUT2D eigenvalue weighted by atomic mass is 16.2. The van der Waals surface area contributed by atoms with Crippen LogP contribution in [0.2, 0.25) is 0 Å². The standard InChI is InChI=1S/C16H19N5O2/c1-10(2)7-14(16(23)18-6-5-17)21-15(22)11-3-4-12-13(8-11)20-9-19-12/h3-4,8-10,14H,6-7H2,1-2H3,(H,18,23)(H,19,20)(H,21,22). The van der Waals surface area contributed by atoms with Crippen molar-refractivity contribution in [2.45, 2.75) is 26.3 Å². The molecule has 7 heteroatoms. The van der Waals surface area contributed by atoms with E-state index in [0.29, 0.717) is 12.0 Å². The number of aromatic nitrogens is 2. The Bertz CT molecular complexity index is 744. The molecule has 0 saturated heterocycles. The normalized spacial score (nSPS) is 11.9. The van der Waals surface area contributed by atoms with Crippen LogP contribution in [-0.4, -0.2) is 34.4 Å². The molecule has 0 saturated carbocycles. The van der Waals surface area contributed by atoms with Gasteiger partial charge < -0.3 is 15.6 Å². The summed E-state index contributed by atoms with van der Waals surface area (Å²) in [5.74, 6) is -0.460. The molecule has 23 heavy (non-hydrogen) atoms. The number of carbonyl (C=O) groups excluding carboxylic acids is 2. The molecule has 0 aliphatic heterocycles. The van der Waals surface area contributed by atoms with E-state index in [9.17, 15) is 9.59 Å². The third-order valence-electron chi connectivity index (χ3n) is 3.35. The molecule has 0 radical (unpaired) electrons. The molecule has 0 aliphatic carbocycles. The number of rotatable bonds is 6. The zero-order valence-electron chi connectivity index (χ0n) is 13.1. The summed E-state index contributed by atoms with van der Waals surface area (Å²) in [5.41, 5.74) is 1.97. The summed E-state index contributed by atoms with van der Waals surface area (Å²) in [6, 6.07) is 6.28. The molecule has 2 amide bonds. The lowest BCUT2D eigenvalue weighted by molar-refractivity contribution is -0.123. The molecule has 3 N–H and O–H groups in total. The predicted octanol–water partition coefficient (Wildman–Crippen LogP) is 1.35. The van der Waals surface area contributed by atoms with E-state index in [2.05, 4.69) is 20.6 Å². The monoisotopic (exact) mass is 313 g/mol. The van der Waals surface area contributed by atoms with E-state index in [1.807, 2.05) is 19.9 Å². The van der Waals surface area contributed by atoms with Gasteiger partial charge in [0.05, 0.1) is 23.4 Å². The Hall–Kier alpha value is -2.88. The number of fused-ring (bicyclic) bond motifs is 1. The largest absolute Gasteiger partial charge is 0.345 e. The second kappa shape index (κ2) is 7.40. The number of hydrogen-bond donors (Lipinski definition) is 3. The summed E-state index contributed by atoms with van der Waals surface area (Å²) in [6.45, 7) is 3.85. The van der Waals surface area contributed by atoms with Gasteiger partial charge in [-0.05, 0) is 30.5 Å². The molecule has 2 rings (SSSR count). The molecule has 1 heterocycles. The Morgan fingerprint density at radius 3 is 2.87 bits per heavy atom. The maximum Gasteiger partial charge on any atom is 0.252 e. The minimum Gasteiger partial charge on any atom is -0.345 e. The molecule has 1 aromatic carbocycles. The lowest BCUT2D eigenvalue weighted by atomic mass is 10.0. The fourth-order valence-electron chi connectivity index (χ4n) is 2.27. The van der Waals surface area contributed by atoms with Crippen LogP contribution >= 0.6 is 0 Å². The molecule has 0 aliphatic rings. The van der Waals surface area contributed by atoms with Crippen molar-refractivity contribution in [3.05, 3.63) is 30.1 Å². The zero-order valence-corrected chi connectivity index (χ0v) is 13.1. The minimum atomic E-state index is -0.673. The van der Waals surface area contributed by atoms with Gasteiger partial charge in [0.15, 0.2) is 0 Å². The van der Waals surface area contributed by atoms with Gasteiger partial charge in [-0.25, -0.2) is 4.98 Å². The van der Waals surface area contributed by atoms with Crippen LogP contribution in [0, 0.1) is 17.2 Å². The molecule has 0 fully saturated rings. The molecule has 1 atom stereocenters. The number of nitrogens with zero attached hydrogens (tertiary/aromatic N) is 2. The van der Waals surface area contributed by atoms with E-state index in [1.165, 1.54) is 0 Å². The number of hydrogen-bond acceptors (Lipinski definition) is 4. The number of nitrogens with one attached hydrogen (secondary N) is 3. The average Bonchev–Trinajstić information content (AvgIpc) is 2.98. The van der Waals surface area contributed by atoms with Gasteiger partial charge in [0.25, 0.3) is 5.91 Å². The maximum atomic E-state index is 12.4. The summed E-state index contributed by atoms with van der Waals surface area (Å²) in [7, 11) is 0. The first-order valence-electron chi connectivity index (χ1n) is 7.40. The summed E-state index contributed by atoms with van der Waals surface area (Å²) in [5, 5.41) is 13.8. The Kier molecular flexibility index (Phi) is 5.31. The van der Waals surface area contributed by atoms with Gasteiger partial charge in [-0.2, -0.15) is 5.26 Å². The van der Waals surface area contributed by atoms with Gasteiger partial charge in [-0.1, -0.05) is 13.8 Å². The zero-order chi connectivity index (χ0) is 16.8. The second-order valence-corrected chi connectivity index (χ2v) is 5.67. The molecule has 2 aromatic rings. The third-order valence-corrected chi connectivity index (χ3v) is 3.35. The van der Waals surface area contributed by atoms with Crippen molar-refractivity contribution in [2.75, 3.05) is 6.54 Å². The van der Waals surface area contributed by atoms with Gasteiger partial charge >= 0.3 is 0 Å². The minimum absolute atomic E-state index is 0.0800. The van der Waals surface area contributed by atoms with Gasteiger partial charge in [0.2, 0.25) is 5.91 Å². The van der Waals surface area contributed by atoms with Crippen molar-refractivity contribution in [1.82, 2.24) is 20.6 Å². The van der Waals surface area contributed by atoms with E-state index in [0.717, 1.165) is 11.0 Å². The van der Waals surface area contributed by atoms with Gasteiger partial charge in [-0.3, -0.25) is 9.59 Å². The smallest absolute Gasteiger partial charge is 0.252 e. The quantitative estimate of drug-likeness (QED) is 0.699. The van der Waals surface area contributed by atoms with E-state index in [4.69, 9.17) is 5.26 Å². The molecule has 1 unspecified atom stereocenters. The van der Waals surface area contributed by atoms with Gasteiger partial charge in [-0.15, -0.1) is 0 Å². The summed E-state index contributed by atoms with van der Waals surface area (Å²) < 4.78 is 0. The van der Waals surface area contributed by atoms with E-state index in [1.54, 1.807) is 24.5 Å². The van der Waals surface area contributed by atoms with Crippen molar-refractivity contribution in [1.29, 1.82) is 5.26 Å². The van der Waals surface area contributed by atoms with Gasteiger partial charge in [0, 0.05) is 5.56 Å². The third kappa shape index (κ3) is 4.30. The molecule has 0 spiro atoms. The number of imidazole rings is 1. The SMILES string of the molecule is CC(C)CC(NC(=O)c1ccc2nc[nH]c2c1)C(=O)NCC#N. The van der Waals surface area contributed by atoms with E-state index >= 15 is 0 Å². The first-order valence-corrected chi connectivity index (χ1v) is 7.40. The number of nitriles is 1. The summed E-state index contributed by atoms with van der Waals surface area (Å²) >= 11 is 0. The number of H-pyrrole nitrogens is 1. The van der Waals surface area contributed by atoms with Crippen molar-refractivity contribution < 1.29 is 9.59 Å². The Morgan fingerprint density at radius 1 is 1.39 bits per heavy atom. The van der Waals surface area contributed by atoms with Crippen LogP contribution in [0.4, 0.5) is 0 Å². The number of carbonyl (C=O) groups is 2. The lowest BCUT2D eigenvalue weighted by Crippen LogP contribution is -2.47. The summed E-state index contributed by atoms with van der Waals surface area (Å²) in [4.78, 5) is 31.5. The van der Waals surface area contributed by atoms with Crippen molar-refractivity contribution in [3.63, 3.8) is 0 Å². The van der Waals surface area contributed by atoms with Crippen molar-refractivity contribution in [3.8, 4) is 6.07 Å². The van der Waals surface area contributed by atoms with Crippen LogP contribution in [0.3, 0.4) is 0 Å².